The Bertz CT molecular complexity index is 589. The van der Waals surface area contributed by atoms with Gasteiger partial charge in [-0.05, 0) is 31.9 Å². The summed E-state index contributed by atoms with van der Waals surface area (Å²) in [7, 11) is 2.03. The zero-order valence-electron chi connectivity index (χ0n) is 15.1. The molecule has 1 saturated heterocycles. The molecule has 0 radical (unpaired) electrons. The van der Waals surface area contributed by atoms with Gasteiger partial charge in [-0.1, -0.05) is 13.8 Å². The number of hydrogen-bond donors (Lipinski definition) is 0. The van der Waals surface area contributed by atoms with Gasteiger partial charge in [0.25, 0.3) is 0 Å². The average Bonchev–Trinajstić information content (AvgIpc) is 2.73. The van der Waals surface area contributed by atoms with Crippen molar-refractivity contribution in [3.63, 3.8) is 0 Å². The molecule has 1 fully saturated rings. The molecule has 0 spiro atoms. The lowest BCUT2D eigenvalue weighted by Crippen LogP contribution is -2.39. The second-order valence-electron chi connectivity index (χ2n) is 6.85. The molecule has 23 heavy (non-hydrogen) atoms. The topological polar surface area (TPSA) is 45.6 Å². The number of aromatic nitrogens is 1. The third kappa shape index (κ3) is 3.95. The number of hydrogen-bond acceptors (Lipinski definition) is 2. The van der Waals surface area contributed by atoms with Crippen LogP contribution in [-0.2, 0) is 23.1 Å². The summed E-state index contributed by atoms with van der Waals surface area (Å²) >= 11 is 0. The van der Waals surface area contributed by atoms with Crippen LogP contribution in [0.3, 0.4) is 0 Å². The minimum Gasteiger partial charge on any atom is -0.352 e. The normalized spacial score (nSPS) is 15.9. The van der Waals surface area contributed by atoms with Gasteiger partial charge in [-0.25, -0.2) is 0 Å². The fourth-order valence-electron chi connectivity index (χ4n) is 3.14. The predicted octanol–water partition coefficient (Wildman–Crippen LogP) is 1.90. The Balaban J connectivity index is 1.98. The van der Waals surface area contributed by atoms with E-state index in [1.165, 1.54) is 5.69 Å². The van der Waals surface area contributed by atoms with E-state index < -0.39 is 0 Å². The van der Waals surface area contributed by atoms with Gasteiger partial charge in [-0.3, -0.25) is 9.59 Å². The number of amides is 2. The van der Waals surface area contributed by atoms with Crippen LogP contribution in [-0.4, -0.2) is 52.4 Å². The first kappa shape index (κ1) is 17.6. The maximum absolute atomic E-state index is 12.6. The van der Waals surface area contributed by atoms with Crippen LogP contribution in [0.5, 0.6) is 0 Å². The number of nitrogens with zero attached hydrogens (tertiary/aromatic N) is 3. The highest BCUT2D eigenvalue weighted by Gasteiger charge is 2.24. The minimum absolute atomic E-state index is 0.0206. The van der Waals surface area contributed by atoms with Gasteiger partial charge in [0.05, 0.1) is 6.42 Å². The van der Waals surface area contributed by atoms with Crippen molar-refractivity contribution in [2.75, 3.05) is 26.2 Å². The molecular weight excluding hydrogens is 290 g/mol. The monoisotopic (exact) mass is 319 g/mol. The van der Waals surface area contributed by atoms with E-state index in [9.17, 15) is 9.59 Å². The third-order valence-electron chi connectivity index (χ3n) is 4.88. The van der Waals surface area contributed by atoms with Gasteiger partial charge >= 0.3 is 0 Å². The molecule has 1 aliphatic heterocycles. The molecule has 128 valence electrons. The standard InChI is InChI=1S/C18H29N3O2/c1-13(2)18(23)21-8-6-7-20(9-10-21)17(22)12-16-11-14(3)19(5)15(16)4/h11,13H,6-10,12H2,1-5H3. The molecule has 2 rings (SSSR count). The van der Waals surface area contributed by atoms with Crippen LogP contribution in [0.2, 0.25) is 0 Å². The van der Waals surface area contributed by atoms with Gasteiger partial charge in [0, 0.05) is 50.5 Å². The highest BCUT2D eigenvalue weighted by Crippen LogP contribution is 2.16. The van der Waals surface area contributed by atoms with E-state index in [-0.39, 0.29) is 17.7 Å². The fraction of sp³-hybridized carbons (Fsp3) is 0.667. The van der Waals surface area contributed by atoms with Crippen molar-refractivity contribution in [1.29, 1.82) is 0 Å². The lowest BCUT2D eigenvalue weighted by Gasteiger charge is -2.23. The van der Waals surface area contributed by atoms with Crippen LogP contribution in [0.4, 0.5) is 0 Å². The summed E-state index contributed by atoms with van der Waals surface area (Å²) in [6, 6.07) is 2.10. The number of rotatable bonds is 3. The summed E-state index contributed by atoms with van der Waals surface area (Å²) in [5.41, 5.74) is 3.44. The molecule has 0 bridgehead atoms. The summed E-state index contributed by atoms with van der Waals surface area (Å²) in [5, 5.41) is 0. The van der Waals surface area contributed by atoms with E-state index in [0.717, 1.165) is 30.8 Å². The number of carbonyl (C=O) groups is 2. The first-order valence-corrected chi connectivity index (χ1v) is 8.49. The molecule has 0 atom stereocenters. The second-order valence-corrected chi connectivity index (χ2v) is 6.85. The maximum atomic E-state index is 12.6. The van der Waals surface area contributed by atoms with Gasteiger partial charge in [0.2, 0.25) is 11.8 Å². The molecule has 5 nitrogen and oxygen atoms in total. The van der Waals surface area contributed by atoms with Crippen molar-refractivity contribution in [1.82, 2.24) is 14.4 Å². The largest absolute Gasteiger partial charge is 0.352 e. The van der Waals surface area contributed by atoms with Gasteiger partial charge in [0.1, 0.15) is 0 Å². The van der Waals surface area contributed by atoms with E-state index in [4.69, 9.17) is 0 Å². The quantitative estimate of drug-likeness (QED) is 0.854. The summed E-state index contributed by atoms with van der Waals surface area (Å²) in [6.45, 7) is 10.8. The van der Waals surface area contributed by atoms with Gasteiger partial charge in [-0.15, -0.1) is 0 Å². The molecule has 1 aliphatic rings. The zero-order chi connectivity index (χ0) is 17.1. The summed E-state index contributed by atoms with van der Waals surface area (Å²) < 4.78 is 2.12. The molecular formula is C18H29N3O2. The molecule has 0 N–H and O–H groups in total. The van der Waals surface area contributed by atoms with Crippen LogP contribution in [0.25, 0.3) is 0 Å². The molecule has 1 aromatic heterocycles. The Labute approximate surface area is 139 Å². The Kier molecular flexibility index (Phi) is 5.50. The van der Waals surface area contributed by atoms with Crippen molar-refractivity contribution < 1.29 is 9.59 Å². The van der Waals surface area contributed by atoms with E-state index in [2.05, 4.69) is 24.5 Å². The van der Waals surface area contributed by atoms with Gasteiger partial charge in [0.15, 0.2) is 0 Å². The van der Waals surface area contributed by atoms with Crippen molar-refractivity contribution in [3.8, 4) is 0 Å². The Morgan fingerprint density at radius 3 is 2.26 bits per heavy atom. The third-order valence-corrected chi connectivity index (χ3v) is 4.88. The first-order chi connectivity index (χ1) is 10.8. The SMILES string of the molecule is Cc1cc(CC(=O)N2CCCN(C(=O)C(C)C)CC2)c(C)n1C. The highest BCUT2D eigenvalue weighted by molar-refractivity contribution is 5.80. The van der Waals surface area contributed by atoms with Gasteiger partial charge < -0.3 is 14.4 Å². The predicted molar refractivity (Wildman–Crippen MR) is 91.2 cm³/mol. The van der Waals surface area contributed by atoms with Crippen LogP contribution in [0.15, 0.2) is 6.07 Å². The van der Waals surface area contributed by atoms with Crippen molar-refractivity contribution in [2.45, 2.75) is 40.5 Å². The zero-order valence-corrected chi connectivity index (χ0v) is 15.1. The Morgan fingerprint density at radius 1 is 1.09 bits per heavy atom. The van der Waals surface area contributed by atoms with Crippen molar-refractivity contribution in [3.05, 3.63) is 23.0 Å². The van der Waals surface area contributed by atoms with Crippen LogP contribution < -0.4 is 0 Å². The van der Waals surface area contributed by atoms with Crippen molar-refractivity contribution >= 4 is 11.8 Å². The van der Waals surface area contributed by atoms with Crippen LogP contribution >= 0.6 is 0 Å². The average molecular weight is 319 g/mol. The number of aryl methyl sites for hydroxylation is 1. The molecule has 2 heterocycles. The van der Waals surface area contributed by atoms with Crippen LogP contribution in [0, 0.1) is 19.8 Å². The molecule has 0 aromatic carbocycles. The van der Waals surface area contributed by atoms with E-state index in [1.54, 1.807) is 0 Å². The van der Waals surface area contributed by atoms with E-state index >= 15 is 0 Å². The Morgan fingerprint density at radius 2 is 1.70 bits per heavy atom. The lowest BCUT2D eigenvalue weighted by atomic mass is 10.1. The molecule has 1 aromatic rings. The minimum atomic E-state index is 0.0206. The molecule has 0 unspecified atom stereocenters. The first-order valence-electron chi connectivity index (χ1n) is 8.49. The fourth-order valence-corrected chi connectivity index (χ4v) is 3.14. The number of carbonyl (C=O) groups excluding carboxylic acids is 2. The van der Waals surface area contributed by atoms with E-state index in [1.807, 2.05) is 30.7 Å². The second kappa shape index (κ2) is 7.20. The van der Waals surface area contributed by atoms with Crippen molar-refractivity contribution in [2.24, 2.45) is 13.0 Å². The van der Waals surface area contributed by atoms with Gasteiger partial charge in [-0.2, -0.15) is 0 Å². The molecule has 0 aliphatic carbocycles. The van der Waals surface area contributed by atoms with Crippen LogP contribution in [0.1, 0.15) is 37.2 Å². The van der Waals surface area contributed by atoms with E-state index in [0.29, 0.717) is 19.5 Å². The Hall–Kier alpha value is -1.78. The molecule has 0 saturated carbocycles. The highest BCUT2D eigenvalue weighted by atomic mass is 16.2. The molecule has 2 amide bonds. The summed E-state index contributed by atoms with van der Waals surface area (Å²) in [5.74, 6) is 0.374. The molecule has 5 heteroatoms. The summed E-state index contributed by atoms with van der Waals surface area (Å²) in [4.78, 5) is 28.6. The lowest BCUT2D eigenvalue weighted by molar-refractivity contribution is -0.135. The summed E-state index contributed by atoms with van der Waals surface area (Å²) in [6.07, 6.45) is 1.31. The smallest absolute Gasteiger partial charge is 0.227 e. The maximum Gasteiger partial charge on any atom is 0.227 e.